The zero-order chi connectivity index (χ0) is 14.3. The zero-order valence-electron chi connectivity index (χ0n) is 13.1. The minimum atomic E-state index is 0.195. The highest BCUT2D eigenvalue weighted by Crippen LogP contribution is 2.40. The van der Waals surface area contributed by atoms with Gasteiger partial charge in [-0.1, -0.05) is 13.8 Å². The van der Waals surface area contributed by atoms with Crippen LogP contribution in [0.4, 0.5) is 0 Å². The predicted octanol–water partition coefficient (Wildman–Crippen LogP) is 3.20. The molecule has 1 aromatic rings. The highest BCUT2D eigenvalue weighted by molar-refractivity contribution is 5.34. The Kier molecular flexibility index (Phi) is 3.67. The standard InChI is InChI=1S/C17H28N2O/c1-12-8-14-15(18)9-17(2,3)10-16(14)19(12)6-7-20-11-13-4-5-13/h8,13,15H,4-7,9-11,18H2,1-3H3. The van der Waals surface area contributed by atoms with Crippen LogP contribution in [0.2, 0.25) is 0 Å². The smallest absolute Gasteiger partial charge is 0.0645 e. The third-order valence-corrected chi connectivity index (χ3v) is 4.78. The monoisotopic (exact) mass is 276 g/mol. The molecule has 2 N–H and O–H groups in total. The van der Waals surface area contributed by atoms with E-state index in [1.165, 1.54) is 29.8 Å². The normalized spacial score (nSPS) is 24.7. The second kappa shape index (κ2) is 5.19. The third-order valence-electron chi connectivity index (χ3n) is 4.78. The van der Waals surface area contributed by atoms with Crippen LogP contribution in [-0.2, 0) is 17.7 Å². The van der Waals surface area contributed by atoms with E-state index in [4.69, 9.17) is 10.5 Å². The van der Waals surface area contributed by atoms with E-state index in [0.29, 0.717) is 5.41 Å². The second-order valence-corrected chi connectivity index (χ2v) is 7.51. The van der Waals surface area contributed by atoms with Gasteiger partial charge in [0.05, 0.1) is 6.61 Å². The fraction of sp³-hybridized carbons (Fsp3) is 0.765. The first kappa shape index (κ1) is 14.2. The molecule has 3 heteroatoms. The number of rotatable bonds is 5. The summed E-state index contributed by atoms with van der Waals surface area (Å²) in [6, 6.07) is 2.48. The first-order chi connectivity index (χ1) is 9.46. The van der Waals surface area contributed by atoms with Crippen molar-refractivity contribution in [3.8, 4) is 0 Å². The van der Waals surface area contributed by atoms with Crippen molar-refractivity contribution in [3.63, 3.8) is 0 Å². The number of nitrogens with two attached hydrogens (primary N) is 1. The van der Waals surface area contributed by atoms with Crippen LogP contribution in [0.3, 0.4) is 0 Å². The lowest BCUT2D eigenvalue weighted by molar-refractivity contribution is 0.115. The van der Waals surface area contributed by atoms with Crippen molar-refractivity contribution < 1.29 is 4.74 Å². The van der Waals surface area contributed by atoms with Crippen LogP contribution in [0, 0.1) is 18.3 Å². The summed E-state index contributed by atoms with van der Waals surface area (Å²) in [6.45, 7) is 9.59. The quantitative estimate of drug-likeness (QED) is 0.839. The number of nitrogens with zero attached hydrogens (tertiary/aromatic N) is 1. The third kappa shape index (κ3) is 2.94. The minimum absolute atomic E-state index is 0.195. The largest absolute Gasteiger partial charge is 0.379 e. The molecule has 20 heavy (non-hydrogen) atoms. The summed E-state index contributed by atoms with van der Waals surface area (Å²) in [5.74, 6) is 0.849. The number of hydrogen-bond acceptors (Lipinski definition) is 2. The van der Waals surface area contributed by atoms with Crippen molar-refractivity contribution in [1.29, 1.82) is 0 Å². The Morgan fingerprint density at radius 1 is 1.40 bits per heavy atom. The van der Waals surface area contributed by atoms with Crippen LogP contribution >= 0.6 is 0 Å². The molecule has 2 aliphatic carbocycles. The summed E-state index contributed by atoms with van der Waals surface area (Å²) in [4.78, 5) is 0. The van der Waals surface area contributed by atoms with Crippen LogP contribution in [-0.4, -0.2) is 17.8 Å². The summed E-state index contributed by atoms with van der Waals surface area (Å²) >= 11 is 0. The number of hydrogen-bond donors (Lipinski definition) is 1. The zero-order valence-corrected chi connectivity index (χ0v) is 13.1. The van der Waals surface area contributed by atoms with Crippen molar-refractivity contribution >= 4 is 0 Å². The number of fused-ring (bicyclic) bond motifs is 1. The van der Waals surface area contributed by atoms with Crippen molar-refractivity contribution in [2.75, 3.05) is 13.2 Å². The van der Waals surface area contributed by atoms with E-state index in [2.05, 4.69) is 31.4 Å². The molecule has 0 aliphatic heterocycles. The maximum atomic E-state index is 6.36. The molecule has 0 aromatic carbocycles. The fourth-order valence-corrected chi connectivity index (χ4v) is 3.51. The van der Waals surface area contributed by atoms with E-state index in [1.807, 2.05) is 0 Å². The van der Waals surface area contributed by atoms with Crippen molar-refractivity contribution in [2.45, 2.75) is 59.0 Å². The van der Waals surface area contributed by atoms with E-state index < -0.39 is 0 Å². The number of ether oxygens (including phenoxy) is 1. The van der Waals surface area contributed by atoms with Gasteiger partial charge in [-0.2, -0.15) is 0 Å². The van der Waals surface area contributed by atoms with Gasteiger partial charge in [-0.25, -0.2) is 0 Å². The lowest BCUT2D eigenvalue weighted by Crippen LogP contribution is -2.30. The van der Waals surface area contributed by atoms with Gasteiger partial charge in [0.2, 0.25) is 0 Å². The lowest BCUT2D eigenvalue weighted by Gasteiger charge is -2.34. The average molecular weight is 276 g/mol. The van der Waals surface area contributed by atoms with Gasteiger partial charge in [-0.05, 0) is 55.6 Å². The number of aromatic nitrogens is 1. The van der Waals surface area contributed by atoms with E-state index in [0.717, 1.165) is 38.5 Å². The van der Waals surface area contributed by atoms with Gasteiger partial charge in [0.15, 0.2) is 0 Å². The lowest BCUT2D eigenvalue weighted by atomic mass is 9.74. The molecular weight excluding hydrogens is 248 g/mol. The molecule has 1 fully saturated rings. The highest BCUT2D eigenvalue weighted by atomic mass is 16.5. The minimum Gasteiger partial charge on any atom is -0.379 e. The molecule has 1 saturated carbocycles. The van der Waals surface area contributed by atoms with Crippen LogP contribution in [0.25, 0.3) is 0 Å². The van der Waals surface area contributed by atoms with Crippen LogP contribution in [0.5, 0.6) is 0 Å². The molecule has 1 atom stereocenters. The Morgan fingerprint density at radius 2 is 2.15 bits per heavy atom. The van der Waals surface area contributed by atoms with E-state index in [-0.39, 0.29) is 6.04 Å². The van der Waals surface area contributed by atoms with Gasteiger partial charge in [0.25, 0.3) is 0 Å². The molecule has 2 aliphatic rings. The molecular formula is C17H28N2O. The van der Waals surface area contributed by atoms with E-state index >= 15 is 0 Å². The molecule has 0 spiro atoms. The Hall–Kier alpha value is -0.800. The SMILES string of the molecule is Cc1cc2c(n1CCOCC1CC1)CC(C)(C)CC2N. The summed E-state index contributed by atoms with van der Waals surface area (Å²) in [7, 11) is 0. The Labute approximate surface area is 122 Å². The summed E-state index contributed by atoms with van der Waals surface area (Å²) in [6.07, 6.45) is 4.94. The predicted molar refractivity (Wildman–Crippen MR) is 81.7 cm³/mol. The van der Waals surface area contributed by atoms with Crippen LogP contribution < -0.4 is 5.73 Å². The molecule has 112 valence electrons. The maximum Gasteiger partial charge on any atom is 0.0645 e. The Bertz CT molecular complexity index is 485. The molecule has 0 amide bonds. The molecule has 3 nitrogen and oxygen atoms in total. The van der Waals surface area contributed by atoms with Gasteiger partial charge < -0.3 is 15.0 Å². The molecule has 3 rings (SSSR count). The van der Waals surface area contributed by atoms with E-state index in [9.17, 15) is 0 Å². The highest BCUT2D eigenvalue weighted by Gasteiger charge is 2.33. The second-order valence-electron chi connectivity index (χ2n) is 7.51. The maximum absolute atomic E-state index is 6.36. The van der Waals surface area contributed by atoms with Gasteiger partial charge in [-0.15, -0.1) is 0 Å². The van der Waals surface area contributed by atoms with Crippen molar-refractivity contribution in [1.82, 2.24) is 4.57 Å². The van der Waals surface area contributed by atoms with Crippen molar-refractivity contribution in [2.24, 2.45) is 17.1 Å². The molecule has 0 saturated heterocycles. The first-order valence-corrected chi connectivity index (χ1v) is 7.98. The summed E-state index contributed by atoms with van der Waals surface area (Å²) in [5.41, 5.74) is 10.8. The molecule has 0 bridgehead atoms. The van der Waals surface area contributed by atoms with Gasteiger partial charge >= 0.3 is 0 Å². The Balaban J connectivity index is 1.70. The molecule has 1 unspecified atom stereocenters. The molecule has 1 heterocycles. The van der Waals surface area contributed by atoms with Gasteiger partial charge in [0.1, 0.15) is 0 Å². The van der Waals surface area contributed by atoms with Gasteiger partial charge in [0, 0.05) is 30.6 Å². The average Bonchev–Trinajstić information content (AvgIpc) is 3.11. The number of aryl methyl sites for hydroxylation is 1. The fourth-order valence-electron chi connectivity index (χ4n) is 3.51. The summed E-state index contributed by atoms with van der Waals surface area (Å²) in [5, 5.41) is 0. The van der Waals surface area contributed by atoms with Crippen LogP contribution in [0.15, 0.2) is 6.07 Å². The first-order valence-electron chi connectivity index (χ1n) is 7.98. The van der Waals surface area contributed by atoms with Crippen LogP contribution in [0.1, 0.15) is 56.1 Å². The van der Waals surface area contributed by atoms with E-state index in [1.54, 1.807) is 0 Å². The van der Waals surface area contributed by atoms with Gasteiger partial charge in [-0.3, -0.25) is 0 Å². The summed E-state index contributed by atoms with van der Waals surface area (Å²) < 4.78 is 8.24. The van der Waals surface area contributed by atoms with Crippen molar-refractivity contribution in [3.05, 3.63) is 23.0 Å². The topological polar surface area (TPSA) is 40.2 Å². The molecule has 1 aromatic heterocycles. The Morgan fingerprint density at radius 3 is 2.85 bits per heavy atom. The molecule has 0 radical (unpaired) electrons.